The summed E-state index contributed by atoms with van der Waals surface area (Å²) >= 11 is 0. The first-order valence-electron chi connectivity index (χ1n) is 11.1. The lowest BCUT2D eigenvalue weighted by Crippen LogP contribution is -2.48. The Labute approximate surface area is 179 Å². The molecule has 0 aromatic heterocycles. The van der Waals surface area contributed by atoms with Crippen molar-refractivity contribution in [2.45, 2.75) is 38.9 Å². The molecule has 2 aromatic carbocycles. The Bertz CT molecular complexity index is 823. The topological polar surface area (TPSA) is 42.0 Å². The quantitative estimate of drug-likeness (QED) is 0.734. The van der Waals surface area contributed by atoms with E-state index >= 15 is 0 Å². The lowest BCUT2D eigenvalue weighted by Gasteiger charge is -2.39. The maximum atomic E-state index is 13.2. The van der Waals surface area contributed by atoms with E-state index < -0.39 is 0 Å². The van der Waals surface area contributed by atoms with Crippen LogP contribution in [0.25, 0.3) is 0 Å². The number of morpholine rings is 1. The van der Waals surface area contributed by atoms with Crippen molar-refractivity contribution in [3.05, 3.63) is 60.2 Å². The summed E-state index contributed by atoms with van der Waals surface area (Å²) in [6, 6.07) is 17.2. The number of rotatable bonds is 5. The third kappa shape index (κ3) is 5.21. The number of nitrogens with zero attached hydrogens (tertiary/aromatic N) is 2. The fourth-order valence-corrected chi connectivity index (χ4v) is 4.64. The van der Waals surface area contributed by atoms with Gasteiger partial charge in [0, 0.05) is 32.7 Å². The minimum Gasteiger partial charge on any atom is -0.457 e. The summed E-state index contributed by atoms with van der Waals surface area (Å²) in [5.74, 6) is 2.06. The van der Waals surface area contributed by atoms with Gasteiger partial charge in [-0.3, -0.25) is 9.69 Å². The minimum absolute atomic E-state index is 0.0635. The van der Waals surface area contributed by atoms with Crippen molar-refractivity contribution in [3.8, 4) is 11.5 Å². The standard InChI is InChI=1S/C25H32N2O3/c1-19-16-26(17-20(2)29-19)18-21-12-14-27(15-13-21)25(28)23-10-6-7-11-24(23)30-22-8-4-3-5-9-22/h3-11,19-21H,12-18H2,1-2H3. The molecule has 2 aliphatic heterocycles. The van der Waals surface area contributed by atoms with Crippen LogP contribution in [0.1, 0.15) is 37.0 Å². The van der Waals surface area contributed by atoms with Crippen LogP contribution in [0.2, 0.25) is 0 Å². The van der Waals surface area contributed by atoms with Crippen LogP contribution in [0.3, 0.4) is 0 Å². The van der Waals surface area contributed by atoms with Crippen LogP contribution in [0, 0.1) is 5.92 Å². The number of para-hydroxylation sites is 2. The number of carbonyl (C=O) groups is 1. The molecule has 160 valence electrons. The molecule has 0 aliphatic carbocycles. The SMILES string of the molecule is CC1CN(CC2CCN(C(=O)c3ccccc3Oc3ccccc3)CC2)CC(C)O1. The van der Waals surface area contributed by atoms with Gasteiger partial charge in [-0.1, -0.05) is 30.3 Å². The first-order chi connectivity index (χ1) is 14.6. The zero-order chi connectivity index (χ0) is 20.9. The van der Waals surface area contributed by atoms with Crippen molar-refractivity contribution in [2.24, 2.45) is 5.92 Å². The second kappa shape index (κ2) is 9.63. The molecule has 0 radical (unpaired) electrons. The molecule has 2 saturated heterocycles. The van der Waals surface area contributed by atoms with E-state index in [-0.39, 0.29) is 5.91 Å². The van der Waals surface area contributed by atoms with Gasteiger partial charge in [-0.25, -0.2) is 0 Å². The predicted octanol–water partition coefficient (Wildman–Crippen LogP) is 4.44. The summed E-state index contributed by atoms with van der Waals surface area (Å²) in [6.07, 6.45) is 2.70. The number of likely N-dealkylation sites (tertiary alicyclic amines) is 1. The van der Waals surface area contributed by atoms with Crippen LogP contribution in [0.15, 0.2) is 54.6 Å². The van der Waals surface area contributed by atoms with Crippen LogP contribution < -0.4 is 4.74 Å². The van der Waals surface area contributed by atoms with Crippen LogP contribution in [-0.4, -0.2) is 60.6 Å². The highest BCUT2D eigenvalue weighted by Gasteiger charge is 2.29. The van der Waals surface area contributed by atoms with Gasteiger partial charge in [0.2, 0.25) is 0 Å². The van der Waals surface area contributed by atoms with Crippen LogP contribution >= 0.6 is 0 Å². The number of ether oxygens (including phenoxy) is 2. The molecule has 1 amide bonds. The number of carbonyl (C=O) groups excluding carboxylic acids is 1. The van der Waals surface area contributed by atoms with Crippen molar-refractivity contribution >= 4 is 5.91 Å². The zero-order valence-corrected chi connectivity index (χ0v) is 18.0. The Hall–Kier alpha value is -2.37. The first-order valence-corrected chi connectivity index (χ1v) is 11.1. The molecule has 2 aliphatic rings. The van der Waals surface area contributed by atoms with Crippen LogP contribution in [0.4, 0.5) is 0 Å². The molecule has 0 saturated carbocycles. The predicted molar refractivity (Wildman–Crippen MR) is 118 cm³/mol. The van der Waals surface area contributed by atoms with E-state index in [1.807, 2.05) is 59.5 Å². The molecule has 2 fully saturated rings. The summed E-state index contributed by atoms with van der Waals surface area (Å²) in [6.45, 7) is 9.03. The number of benzene rings is 2. The van der Waals surface area contributed by atoms with Gasteiger partial charge in [-0.05, 0) is 56.9 Å². The van der Waals surface area contributed by atoms with Crippen molar-refractivity contribution in [3.63, 3.8) is 0 Å². The maximum Gasteiger partial charge on any atom is 0.257 e. The number of piperidine rings is 1. The largest absolute Gasteiger partial charge is 0.457 e. The van der Waals surface area contributed by atoms with E-state index in [4.69, 9.17) is 9.47 Å². The summed E-state index contributed by atoms with van der Waals surface area (Å²) < 4.78 is 11.8. The van der Waals surface area contributed by atoms with Crippen LogP contribution in [-0.2, 0) is 4.74 Å². The number of hydrogen-bond acceptors (Lipinski definition) is 4. The molecule has 30 heavy (non-hydrogen) atoms. The van der Waals surface area contributed by atoms with Crippen molar-refractivity contribution in [2.75, 3.05) is 32.7 Å². The summed E-state index contributed by atoms with van der Waals surface area (Å²) in [4.78, 5) is 17.7. The molecule has 2 atom stereocenters. The van der Waals surface area contributed by atoms with Gasteiger partial charge in [0.25, 0.3) is 5.91 Å². The number of hydrogen-bond donors (Lipinski definition) is 0. The van der Waals surface area contributed by atoms with Crippen molar-refractivity contribution in [1.29, 1.82) is 0 Å². The fraction of sp³-hybridized carbons (Fsp3) is 0.480. The molecule has 4 rings (SSSR count). The Morgan fingerprint density at radius 2 is 1.60 bits per heavy atom. The molecule has 2 unspecified atom stereocenters. The molecule has 0 N–H and O–H groups in total. The summed E-state index contributed by atoms with van der Waals surface area (Å²) in [7, 11) is 0. The Balaban J connectivity index is 1.35. The van der Waals surface area contributed by atoms with E-state index in [1.165, 1.54) is 0 Å². The van der Waals surface area contributed by atoms with E-state index in [1.54, 1.807) is 0 Å². The number of amides is 1. The second-order valence-electron chi connectivity index (χ2n) is 8.62. The molecular formula is C25H32N2O3. The van der Waals surface area contributed by atoms with E-state index in [0.717, 1.165) is 51.3 Å². The van der Waals surface area contributed by atoms with Crippen molar-refractivity contribution in [1.82, 2.24) is 9.80 Å². The third-order valence-electron chi connectivity index (χ3n) is 6.00. The van der Waals surface area contributed by atoms with Gasteiger partial charge in [0.15, 0.2) is 0 Å². The minimum atomic E-state index is 0.0635. The monoisotopic (exact) mass is 408 g/mol. The lowest BCUT2D eigenvalue weighted by molar-refractivity contribution is -0.0728. The normalized spacial score (nSPS) is 23.3. The average Bonchev–Trinajstić information content (AvgIpc) is 2.74. The summed E-state index contributed by atoms with van der Waals surface area (Å²) in [5, 5.41) is 0. The Morgan fingerprint density at radius 1 is 0.967 bits per heavy atom. The average molecular weight is 409 g/mol. The van der Waals surface area contributed by atoms with Gasteiger partial charge in [0.05, 0.1) is 17.8 Å². The van der Waals surface area contributed by atoms with E-state index in [0.29, 0.717) is 29.4 Å². The molecule has 5 nitrogen and oxygen atoms in total. The van der Waals surface area contributed by atoms with Crippen molar-refractivity contribution < 1.29 is 14.3 Å². The molecule has 0 spiro atoms. The molecule has 5 heteroatoms. The molecule has 2 aromatic rings. The van der Waals surface area contributed by atoms with Gasteiger partial charge < -0.3 is 14.4 Å². The highest BCUT2D eigenvalue weighted by molar-refractivity contribution is 5.97. The van der Waals surface area contributed by atoms with Gasteiger partial charge >= 0.3 is 0 Å². The Kier molecular flexibility index (Phi) is 6.70. The third-order valence-corrected chi connectivity index (χ3v) is 6.00. The highest BCUT2D eigenvalue weighted by Crippen LogP contribution is 2.28. The fourth-order valence-electron chi connectivity index (χ4n) is 4.64. The van der Waals surface area contributed by atoms with Gasteiger partial charge in [-0.15, -0.1) is 0 Å². The lowest BCUT2D eigenvalue weighted by atomic mass is 9.95. The van der Waals surface area contributed by atoms with Gasteiger partial charge in [-0.2, -0.15) is 0 Å². The second-order valence-corrected chi connectivity index (χ2v) is 8.62. The molecular weight excluding hydrogens is 376 g/mol. The van der Waals surface area contributed by atoms with Gasteiger partial charge in [0.1, 0.15) is 11.5 Å². The maximum absolute atomic E-state index is 13.2. The smallest absolute Gasteiger partial charge is 0.257 e. The highest BCUT2D eigenvalue weighted by atomic mass is 16.5. The zero-order valence-electron chi connectivity index (χ0n) is 18.0. The van der Waals surface area contributed by atoms with E-state index in [9.17, 15) is 4.79 Å². The van der Waals surface area contributed by atoms with E-state index in [2.05, 4.69) is 18.7 Å². The summed E-state index contributed by atoms with van der Waals surface area (Å²) in [5.41, 5.74) is 0.635. The molecule has 2 heterocycles. The molecule has 0 bridgehead atoms. The Morgan fingerprint density at radius 3 is 2.30 bits per heavy atom. The van der Waals surface area contributed by atoms with Crippen LogP contribution in [0.5, 0.6) is 11.5 Å². The first kappa shape index (κ1) is 20.9.